The van der Waals surface area contributed by atoms with Crippen molar-refractivity contribution < 1.29 is 4.79 Å². The fraction of sp³-hybridized carbons (Fsp3) is 0.611. The summed E-state index contributed by atoms with van der Waals surface area (Å²) in [6, 6.07) is 9.50. The highest BCUT2D eigenvalue weighted by molar-refractivity contribution is 9.10. The van der Waals surface area contributed by atoms with Crippen molar-refractivity contribution >= 4 is 21.8 Å². The summed E-state index contributed by atoms with van der Waals surface area (Å²) in [6.45, 7) is 4.82. The van der Waals surface area contributed by atoms with Gasteiger partial charge in [0.05, 0.1) is 12.6 Å². The summed E-state index contributed by atoms with van der Waals surface area (Å²) in [4.78, 5) is 17.1. The number of nitrogens with zero attached hydrogens (tertiary/aromatic N) is 2. The Kier molecular flexibility index (Phi) is 5.39. The monoisotopic (exact) mass is 379 g/mol. The quantitative estimate of drug-likeness (QED) is 0.825. The molecule has 0 aromatic heterocycles. The Morgan fingerprint density at radius 2 is 2.04 bits per heavy atom. The van der Waals surface area contributed by atoms with Gasteiger partial charge in [0.25, 0.3) is 0 Å². The fourth-order valence-electron chi connectivity index (χ4n) is 3.38. The maximum Gasteiger partial charge on any atom is 0.234 e. The van der Waals surface area contributed by atoms with Gasteiger partial charge in [-0.2, -0.15) is 0 Å². The zero-order valence-corrected chi connectivity index (χ0v) is 15.6. The van der Waals surface area contributed by atoms with E-state index in [2.05, 4.69) is 38.1 Å². The highest BCUT2D eigenvalue weighted by atomic mass is 79.9. The molecule has 1 saturated carbocycles. The van der Waals surface area contributed by atoms with Crippen LogP contribution in [0.3, 0.4) is 0 Å². The van der Waals surface area contributed by atoms with Crippen molar-refractivity contribution in [3.05, 3.63) is 34.3 Å². The lowest BCUT2D eigenvalue weighted by Crippen LogP contribution is -2.42. The van der Waals surface area contributed by atoms with E-state index in [1.54, 1.807) is 0 Å². The smallest absolute Gasteiger partial charge is 0.234 e. The van der Waals surface area contributed by atoms with Crippen molar-refractivity contribution in [1.29, 1.82) is 0 Å². The summed E-state index contributed by atoms with van der Waals surface area (Å²) in [5, 5.41) is 3.11. The number of rotatable bonds is 6. The lowest BCUT2D eigenvalue weighted by atomic mass is 10.1. The van der Waals surface area contributed by atoms with Crippen LogP contribution >= 0.6 is 15.9 Å². The molecular weight excluding hydrogens is 354 g/mol. The molecule has 1 aliphatic heterocycles. The van der Waals surface area contributed by atoms with Crippen LogP contribution in [0.4, 0.5) is 0 Å². The van der Waals surface area contributed by atoms with E-state index < -0.39 is 0 Å². The largest absolute Gasteiger partial charge is 0.348 e. The summed E-state index contributed by atoms with van der Waals surface area (Å²) in [7, 11) is 2.07. The Morgan fingerprint density at radius 3 is 2.70 bits per heavy atom. The van der Waals surface area contributed by atoms with Crippen LogP contribution in [0.15, 0.2) is 28.7 Å². The van der Waals surface area contributed by atoms with Crippen LogP contribution in [-0.2, 0) is 4.79 Å². The van der Waals surface area contributed by atoms with Crippen molar-refractivity contribution in [2.75, 3.05) is 26.7 Å². The van der Waals surface area contributed by atoms with Crippen LogP contribution in [0.2, 0.25) is 0 Å². The number of amides is 1. The van der Waals surface area contributed by atoms with Gasteiger partial charge in [0, 0.05) is 29.6 Å². The maximum atomic E-state index is 12.3. The van der Waals surface area contributed by atoms with Gasteiger partial charge in [-0.25, -0.2) is 0 Å². The van der Waals surface area contributed by atoms with Gasteiger partial charge in [0.15, 0.2) is 0 Å². The van der Waals surface area contributed by atoms with Crippen molar-refractivity contribution in [3.63, 3.8) is 0 Å². The number of hydrogen-bond donors (Lipinski definition) is 1. The molecule has 1 N–H and O–H groups in total. The molecule has 0 radical (unpaired) electrons. The molecule has 4 nitrogen and oxygen atoms in total. The Morgan fingerprint density at radius 1 is 1.35 bits per heavy atom. The third-order valence-corrected chi connectivity index (χ3v) is 5.55. The van der Waals surface area contributed by atoms with Crippen LogP contribution < -0.4 is 5.32 Å². The van der Waals surface area contributed by atoms with Crippen LogP contribution in [0.5, 0.6) is 0 Å². The number of carbonyl (C=O) groups excluding carboxylic acids is 1. The predicted octanol–water partition coefficient (Wildman–Crippen LogP) is 2.79. The summed E-state index contributed by atoms with van der Waals surface area (Å²) < 4.78 is 1.06. The van der Waals surface area contributed by atoms with Gasteiger partial charge >= 0.3 is 0 Å². The van der Waals surface area contributed by atoms with E-state index in [-0.39, 0.29) is 11.9 Å². The van der Waals surface area contributed by atoms with Crippen molar-refractivity contribution in [3.8, 4) is 0 Å². The molecule has 2 atom stereocenters. The molecule has 1 aromatic carbocycles. The normalized spacial score (nSPS) is 23.2. The van der Waals surface area contributed by atoms with E-state index >= 15 is 0 Å². The molecule has 2 aliphatic rings. The summed E-state index contributed by atoms with van der Waals surface area (Å²) in [5.41, 5.74) is 1.13. The zero-order chi connectivity index (χ0) is 16.4. The molecule has 1 aliphatic carbocycles. The average Bonchev–Trinajstić information content (AvgIpc) is 3.24. The molecule has 1 heterocycles. The molecule has 1 aromatic rings. The lowest BCUT2D eigenvalue weighted by Gasteiger charge is -2.25. The van der Waals surface area contributed by atoms with E-state index in [1.807, 2.05) is 31.2 Å². The standard InChI is InChI=1S/C18H26BrN3O/c1-13(14-3-5-15(19)6-4-14)20-18(23)12-21(2)17-9-10-22(11-17)16-7-8-16/h3-6,13,16-17H,7-12H2,1-2H3,(H,20,23). The second-order valence-corrected chi connectivity index (χ2v) is 7.84. The van der Waals surface area contributed by atoms with Gasteiger partial charge < -0.3 is 5.32 Å². The molecule has 3 rings (SSSR count). The van der Waals surface area contributed by atoms with Gasteiger partial charge in [-0.1, -0.05) is 28.1 Å². The first-order valence-electron chi connectivity index (χ1n) is 8.52. The minimum absolute atomic E-state index is 0.0375. The Bertz CT molecular complexity index is 544. The zero-order valence-electron chi connectivity index (χ0n) is 14.0. The first kappa shape index (κ1) is 16.9. The number of hydrogen-bond acceptors (Lipinski definition) is 3. The number of nitrogens with one attached hydrogen (secondary N) is 1. The second kappa shape index (κ2) is 7.32. The third-order valence-electron chi connectivity index (χ3n) is 5.02. The van der Waals surface area contributed by atoms with E-state index in [0.29, 0.717) is 12.6 Å². The Balaban J connectivity index is 1.45. The third kappa shape index (κ3) is 4.55. The van der Waals surface area contributed by atoms with Gasteiger partial charge in [-0.3, -0.25) is 14.6 Å². The number of likely N-dealkylation sites (N-methyl/N-ethyl adjacent to an activating group) is 1. The molecule has 2 unspecified atom stereocenters. The van der Waals surface area contributed by atoms with Crippen molar-refractivity contribution in [2.24, 2.45) is 0 Å². The predicted molar refractivity (Wildman–Crippen MR) is 96.3 cm³/mol. The van der Waals surface area contributed by atoms with E-state index in [1.165, 1.54) is 25.8 Å². The first-order chi connectivity index (χ1) is 11.0. The molecule has 5 heteroatoms. The minimum Gasteiger partial charge on any atom is -0.348 e. The second-order valence-electron chi connectivity index (χ2n) is 6.92. The van der Waals surface area contributed by atoms with Crippen LogP contribution in [-0.4, -0.2) is 54.5 Å². The molecule has 0 bridgehead atoms. The average molecular weight is 380 g/mol. The minimum atomic E-state index is 0.0375. The van der Waals surface area contributed by atoms with E-state index in [4.69, 9.17) is 0 Å². The molecule has 23 heavy (non-hydrogen) atoms. The van der Waals surface area contributed by atoms with Crippen molar-refractivity contribution in [1.82, 2.24) is 15.1 Å². The van der Waals surface area contributed by atoms with Crippen LogP contribution in [0.25, 0.3) is 0 Å². The van der Waals surface area contributed by atoms with Crippen LogP contribution in [0, 0.1) is 0 Å². The fourth-order valence-corrected chi connectivity index (χ4v) is 3.64. The topological polar surface area (TPSA) is 35.6 Å². The van der Waals surface area contributed by atoms with Crippen molar-refractivity contribution in [2.45, 2.75) is 44.3 Å². The Labute approximate surface area is 147 Å². The van der Waals surface area contributed by atoms with Gasteiger partial charge in [-0.15, -0.1) is 0 Å². The SMILES string of the molecule is CC(NC(=O)CN(C)C1CCN(C2CC2)C1)c1ccc(Br)cc1. The molecule has 1 saturated heterocycles. The van der Waals surface area contributed by atoms with E-state index in [9.17, 15) is 4.79 Å². The van der Waals surface area contributed by atoms with Crippen LogP contribution in [0.1, 0.15) is 37.8 Å². The maximum absolute atomic E-state index is 12.3. The summed E-state index contributed by atoms with van der Waals surface area (Å²) in [5.74, 6) is 0.104. The number of likely N-dealkylation sites (tertiary alicyclic amines) is 1. The highest BCUT2D eigenvalue weighted by Gasteiger charge is 2.35. The van der Waals surface area contributed by atoms with Gasteiger partial charge in [0.1, 0.15) is 0 Å². The first-order valence-corrected chi connectivity index (χ1v) is 9.31. The Hall–Kier alpha value is -0.910. The lowest BCUT2D eigenvalue weighted by molar-refractivity contribution is -0.123. The molecular formula is C18H26BrN3O. The van der Waals surface area contributed by atoms with Gasteiger partial charge in [-0.05, 0) is 50.9 Å². The molecule has 0 spiro atoms. The molecule has 126 valence electrons. The number of benzene rings is 1. The van der Waals surface area contributed by atoms with E-state index in [0.717, 1.165) is 22.6 Å². The number of carbonyl (C=O) groups is 1. The molecule has 1 amide bonds. The van der Waals surface area contributed by atoms with Gasteiger partial charge in [0.2, 0.25) is 5.91 Å². The summed E-state index contributed by atoms with van der Waals surface area (Å²) >= 11 is 3.44. The number of halogens is 1. The summed E-state index contributed by atoms with van der Waals surface area (Å²) in [6.07, 6.45) is 3.91. The molecule has 2 fully saturated rings. The highest BCUT2D eigenvalue weighted by Crippen LogP contribution is 2.30.